The normalized spacial score (nSPS) is 19.1. The molecule has 0 aromatic heterocycles. The fraction of sp³-hybridized carbons (Fsp3) is 1.00. The lowest BCUT2D eigenvalue weighted by atomic mass is 12.0. The summed E-state index contributed by atoms with van der Waals surface area (Å²) >= 11 is 4.19. The first-order valence-electron chi connectivity index (χ1n) is 1.78. The number of rotatable bonds is 2. The molecule has 0 aliphatic carbocycles. The summed E-state index contributed by atoms with van der Waals surface area (Å²) in [6, 6.07) is 0. The maximum Gasteiger partial charge on any atom is 0.475 e. The molecule has 0 aromatic rings. The molecule has 0 fully saturated rings. The van der Waals surface area contributed by atoms with E-state index in [1.165, 1.54) is 0 Å². The summed E-state index contributed by atoms with van der Waals surface area (Å²) in [5.74, 6) is 0. The van der Waals surface area contributed by atoms with Crippen molar-refractivity contribution in [3.8, 4) is 0 Å². The molecule has 3 N–H and O–H groups in total. The van der Waals surface area contributed by atoms with Gasteiger partial charge < -0.3 is 14.7 Å². The van der Waals surface area contributed by atoms with Crippen molar-refractivity contribution in [2.45, 2.75) is 0 Å². The van der Waals surface area contributed by atoms with Crippen LogP contribution in [0.4, 0.5) is 0 Å². The largest absolute Gasteiger partial charge is 0.475 e. The van der Waals surface area contributed by atoms with Gasteiger partial charge in [-0.1, -0.05) is 0 Å². The van der Waals surface area contributed by atoms with Crippen LogP contribution < -0.4 is 0 Å². The Morgan fingerprint density at radius 1 is 1.44 bits per heavy atom. The van der Waals surface area contributed by atoms with Gasteiger partial charge in [0, 0.05) is 6.66 Å². The van der Waals surface area contributed by atoms with Gasteiger partial charge in [0.15, 0.2) is 6.49 Å². The Morgan fingerprint density at radius 2 is 1.78 bits per heavy atom. The van der Waals surface area contributed by atoms with E-state index in [9.17, 15) is 4.57 Å². The lowest BCUT2D eigenvalue weighted by molar-refractivity contribution is 0.282. The summed E-state index contributed by atoms with van der Waals surface area (Å²) in [7, 11) is -4.59. The Morgan fingerprint density at radius 3 is 1.78 bits per heavy atom. The van der Waals surface area contributed by atoms with Crippen LogP contribution in [0.25, 0.3) is 0 Å². The minimum Gasteiger partial charge on any atom is -0.345 e. The standard InChI is InChI=1S/CH6O5P2S/c1-7(2,9)6-8(3,4)5/h1H3,(H,2,9)(H2,3,4,5). The van der Waals surface area contributed by atoms with Gasteiger partial charge in [-0.2, -0.15) is 0 Å². The van der Waals surface area contributed by atoms with Crippen LogP contribution in [-0.2, 0) is 20.7 Å². The molecule has 56 valence electrons. The molecule has 8 heteroatoms. The van der Waals surface area contributed by atoms with Crippen molar-refractivity contribution in [2.75, 3.05) is 6.66 Å². The molecule has 0 amide bonds. The van der Waals surface area contributed by atoms with Crippen LogP contribution in [0.15, 0.2) is 0 Å². The summed E-state index contributed by atoms with van der Waals surface area (Å²) in [6.45, 7) is -2.16. The van der Waals surface area contributed by atoms with Crippen LogP contribution >= 0.6 is 14.3 Å². The van der Waals surface area contributed by atoms with Crippen molar-refractivity contribution in [3.05, 3.63) is 0 Å². The first-order valence-corrected chi connectivity index (χ1v) is 6.43. The third kappa shape index (κ3) is 8.72. The predicted molar refractivity (Wildman–Crippen MR) is 35.6 cm³/mol. The van der Waals surface area contributed by atoms with Gasteiger partial charge in [0.25, 0.3) is 0 Å². The van der Waals surface area contributed by atoms with Crippen LogP contribution in [0.5, 0.6) is 0 Å². The molecule has 1 unspecified atom stereocenters. The maximum absolute atomic E-state index is 9.92. The highest BCUT2D eigenvalue weighted by Gasteiger charge is 2.21. The van der Waals surface area contributed by atoms with Crippen LogP contribution in [-0.4, -0.2) is 21.3 Å². The molecule has 0 aliphatic rings. The minimum absolute atomic E-state index is 1.06. The van der Waals surface area contributed by atoms with E-state index in [0.717, 1.165) is 6.66 Å². The van der Waals surface area contributed by atoms with E-state index < -0.39 is 14.3 Å². The summed E-state index contributed by atoms with van der Waals surface area (Å²) in [5.41, 5.74) is 0. The van der Waals surface area contributed by atoms with Crippen LogP contribution in [0.2, 0.25) is 0 Å². The maximum atomic E-state index is 9.92. The van der Waals surface area contributed by atoms with E-state index >= 15 is 0 Å². The minimum atomic E-state index is -4.59. The second-order valence-corrected chi connectivity index (χ2v) is 6.65. The third-order valence-corrected chi connectivity index (χ3v) is 2.92. The van der Waals surface area contributed by atoms with Crippen LogP contribution in [0, 0.1) is 0 Å². The topological polar surface area (TPSA) is 87.0 Å². The fourth-order valence-electron chi connectivity index (χ4n) is 0.197. The van der Waals surface area contributed by atoms with Crippen molar-refractivity contribution in [2.24, 2.45) is 0 Å². The van der Waals surface area contributed by atoms with E-state index in [1.54, 1.807) is 0 Å². The molecular formula is CH6O5P2S. The molecule has 5 nitrogen and oxygen atoms in total. The van der Waals surface area contributed by atoms with Gasteiger partial charge >= 0.3 is 7.82 Å². The summed E-state index contributed by atoms with van der Waals surface area (Å²) < 4.78 is 13.7. The fourth-order valence-corrected chi connectivity index (χ4v) is 2.56. The zero-order valence-electron chi connectivity index (χ0n) is 4.46. The molecule has 0 bridgehead atoms. The molecule has 1 atom stereocenters. The molecule has 0 rings (SSSR count). The Balaban J connectivity index is 4.07. The van der Waals surface area contributed by atoms with Gasteiger partial charge in [0.1, 0.15) is 0 Å². The average molecular weight is 192 g/mol. The van der Waals surface area contributed by atoms with Gasteiger partial charge in [0.05, 0.1) is 0 Å². The zero-order valence-corrected chi connectivity index (χ0v) is 7.07. The van der Waals surface area contributed by atoms with Crippen molar-refractivity contribution in [1.82, 2.24) is 0 Å². The third-order valence-electron chi connectivity index (χ3n) is 0.258. The number of hydrogen-bond acceptors (Lipinski definition) is 3. The zero-order chi connectivity index (χ0) is 7.71. The molecular weight excluding hydrogens is 186 g/mol. The van der Waals surface area contributed by atoms with Crippen molar-refractivity contribution in [1.29, 1.82) is 0 Å². The molecule has 0 heterocycles. The molecule has 0 saturated carbocycles. The van der Waals surface area contributed by atoms with Gasteiger partial charge in [-0.25, -0.2) is 8.88 Å². The van der Waals surface area contributed by atoms with Crippen LogP contribution in [0.1, 0.15) is 0 Å². The van der Waals surface area contributed by atoms with Crippen molar-refractivity contribution >= 4 is 26.1 Å². The Kier molecular flexibility index (Phi) is 2.98. The lowest BCUT2D eigenvalue weighted by Crippen LogP contribution is -1.83. The lowest BCUT2D eigenvalue weighted by Gasteiger charge is -2.09. The molecule has 9 heavy (non-hydrogen) atoms. The Labute approximate surface area is 57.1 Å². The number of hydrogen-bond donors (Lipinski definition) is 3. The van der Waals surface area contributed by atoms with Gasteiger partial charge in [-0.15, -0.1) is 0 Å². The second kappa shape index (κ2) is 2.76. The molecule has 0 spiro atoms. The van der Waals surface area contributed by atoms with E-state index in [4.69, 9.17) is 14.7 Å². The summed E-state index contributed by atoms with van der Waals surface area (Å²) in [6.07, 6.45) is 0. The summed E-state index contributed by atoms with van der Waals surface area (Å²) in [5, 5.41) is 0. The van der Waals surface area contributed by atoms with Crippen molar-refractivity contribution in [3.63, 3.8) is 0 Å². The smallest absolute Gasteiger partial charge is 0.345 e. The van der Waals surface area contributed by atoms with E-state index in [2.05, 4.69) is 16.1 Å². The first-order chi connectivity index (χ1) is 3.71. The Bertz CT molecular complexity index is 155. The van der Waals surface area contributed by atoms with Gasteiger partial charge in [0.2, 0.25) is 0 Å². The highest BCUT2D eigenvalue weighted by atomic mass is 32.5. The van der Waals surface area contributed by atoms with E-state index in [1.807, 2.05) is 0 Å². The summed E-state index contributed by atoms with van der Waals surface area (Å²) in [4.78, 5) is 24.7. The van der Waals surface area contributed by atoms with Gasteiger partial charge in [-0.3, -0.25) is 0 Å². The SMILES string of the molecule is CP(O)(=S)OP(=O)(O)O. The highest BCUT2D eigenvalue weighted by Crippen LogP contribution is 2.54. The quantitative estimate of drug-likeness (QED) is 0.535. The second-order valence-electron chi connectivity index (χ2n) is 1.38. The van der Waals surface area contributed by atoms with Crippen LogP contribution in [0.3, 0.4) is 0 Å². The van der Waals surface area contributed by atoms with E-state index in [-0.39, 0.29) is 0 Å². The number of phosphoric acid groups is 1. The molecule has 0 aromatic carbocycles. The predicted octanol–water partition coefficient (Wildman–Crippen LogP) is 0.0273. The molecule has 0 aliphatic heterocycles. The van der Waals surface area contributed by atoms with Crippen molar-refractivity contribution < 1.29 is 23.6 Å². The first kappa shape index (κ1) is 9.72. The van der Waals surface area contributed by atoms with E-state index in [0.29, 0.717) is 0 Å². The Hall–Kier alpha value is 0.720. The average Bonchev–Trinajstić information content (AvgIpc) is 1.14. The molecule has 0 saturated heterocycles. The monoisotopic (exact) mass is 192 g/mol. The highest BCUT2D eigenvalue weighted by molar-refractivity contribution is 8.10. The molecule has 0 radical (unpaired) electrons. The van der Waals surface area contributed by atoms with Gasteiger partial charge in [-0.05, 0) is 11.8 Å².